The van der Waals surface area contributed by atoms with E-state index >= 15 is 0 Å². The van der Waals surface area contributed by atoms with Crippen molar-refractivity contribution in [1.82, 2.24) is 24.9 Å². The first-order valence-electron chi connectivity index (χ1n) is 11.2. The number of sulfonamides is 1. The maximum absolute atomic E-state index is 13.3. The molecule has 0 bridgehead atoms. The zero-order chi connectivity index (χ0) is 24.1. The lowest BCUT2D eigenvalue weighted by molar-refractivity contribution is -0.124. The van der Waals surface area contributed by atoms with E-state index in [0.717, 1.165) is 16.6 Å². The highest BCUT2D eigenvalue weighted by atomic mass is 32.2. The van der Waals surface area contributed by atoms with Gasteiger partial charge in [-0.25, -0.2) is 13.4 Å². The Labute approximate surface area is 198 Å². The van der Waals surface area contributed by atoms with Gasteiger partial charge in [0.1, 0.15) is 11.9 Å². The van der Waals surface area contributed by atoms with Gasteiger partial charge in [-0.15, -0.1) is 0 Å². The number of carbonyl (C=O) groups is 2. The zero-order valence-electron chi connectivity index (χ0n) is 19.0. The van der Waals surface area contributed by atoms with Crippen LogP contribution in [0.2, 0.25) is 0 Å². The second-order valence-corrected chi connectivity index (χ2v) is 11.1. The highest BCUT2D eigenvalue weighted by Gasteiger charge is 2.66. The van der Waals surface area contributed by atoms with Crippen molar-refractivity contribution in [3.05, 3.63) is 59.9 Å². The number of nitrogens with zero attached hydrogens (tertiary/aromatic N) is 2. The first-order chi connectivity index (χ1) is 16.2. The van der Waals surface area contributed by atoms with E-state index in [4.69, 9.17) is 0 Å². The highest BCUT2D eigenvalue weighted by molar-refractivity contribution is 7.89. The SMILES string of the molecule is CNC(=O)[C@@H]1C[C@@]2(C[C@@H]2C(=O)NCc2nc3ccc(C)cc3[nH]2)CN1S(=O)(=O)c1ccccc1. The van der Waals surface area contributed by atoms with Crippen LogP contribution in [-0.4, -0.2) is 54.1 Å². The lowest BCUT2D eigenvalue weighted by Crippen LogP contribution is -2.44. The topological polar surface area (TPSA) is 124 Å². The van der Waals surface area contributed by atoms with E-state index in [9.17, 15) is 18.0 Å². The minimum atomic E-state index is -3.87. The molecule has 2 heterocycles. The molecule has 2 aromatic carbocycles. The lowest BCUT2D eigenvalue weighted by Gasteiger charge is -2.22. The number of aromatic amines is 1. The second-order valence-electron chi connectivity index (χ2n) is 9.24. The van der Waals surface area contributed by atoms with Crippen molar-refractivity contribution in [1.29, 1.82) is 0 Å². The number of aromatic nitrogens is 2. The van der Waals surface area contributed by atoms with E-state index in [2.05, 4.69) is 20.6 Å². The van der Waals surface area contributed by atoms with Gasteiger partial charge in [0.25, 0.3) is 0 Å². The summed E-state index contributed by atoms with van der Waals surface area (Å²) in [4.78, 5) is 33.4. The third kappa shape index (κ3) is 3.86. The molecule has 0 radical (unpaired) electrons. The number of fused-ring (bicyclic) bond motifs is 1. The number of likely N-dealkylation sites (N-methyl/N-ethyl adjacent to an activating group) is 1. The van der Waals surface area contributed by atoms with Gasteiger partial charge in [0, 0.05) is 19.5 Å². The van der Waals surface area contributed by atoms with Crippen LogP contribution in [0.3, 0.4) is 0 Å². The Kier molecular flexibility index (Phi) is 5.44. The van der Waals surface area contributed by atoms with Gasteiger partial charge in [-0.1, -0.05) is 24.3 Å². The first kappa shape index (κ1) is 22.5. The monoisotopic (exact) mass is 481 g/mol. The molecular formula is C24H27N5O4S. The summed E-state index contributed by atoms with van der Waals surface area (Å²) >= 11 is 0. The maximum Gasteiger partial charge on any atom is 0.243 e. The molecule has 3 atom stereocenters. The van der Waals surface area contributed by atoms with Crippen molar-refractivity contribution in [2.45, 2.75) is 37.2 Å². The standard InChI is InChI=1S/C24H27N5O4S/c1-15-8-9-18-19(10-15)28-21(27-18)13-26-22(30)17-11-24(17)12-20(23(31)25-2)29(14-24)34(32,33)16-6-4-3-5-7-16/h3-10,17,20H,11-14H2,1-2H3,(H,25,31)(H,26,30)(H,27,28)/t17-,20+,24+/m1/s1. The van der Waals surface area contributed by atoms with Gasteiger partial charge < -0.3 is 15.6 Å². The van der Waals surface area contributed by atoms with Gasteiger partial charge in [-0.05, 0) is 55.0 Å². The second kappa shape index (κ2) is 8.21. The van der Waals surface area contributed by atoms with Gasteiger partial charge in [-0.3, -0.25) is 9.59 Å². The van der Waals surface area contributed by atoms with E-state index in [1.54, 1.807) is 18.2 Å². The molecule has 5 rings (SSSR count). The Morgan fingerprint density at radius 2 is 1.91 bits per heavy atom. The molecule has 3 N–H and O–H groups in total. The number of hydrogen-bond acceptors (Lipinski definition) is 5. The molecule has 10 heteroatoms. The van der Waals surface area contributed by atoms with Crippen molar-refractivity contribution in [2.75, 3.05) is 13.6 Å². The molecule has 3 aromatic rings. The van der Waals surface area contributed by atoms with Crippen LogP contribution < -0.4 is 10.6 Å². The zero-order valence-corrected chi connectivity index (χ0v) is 19.9. The van der Waals surface area contributed by atoms with Crippen LogP contribution in [0.15, 0.2) is 53.4 Å². The summed E-state index contributed by atoms with van der Waals surface area (Å²) in [6.07, 6.45) is 0.868. The molecule has 0 unspecified atom stereocenters. The van der Waals surface area contributed by atoms with Crippen molar-refractivity contribution in [3.63, 3.8) is 0 Å². The van der Waals surface area contributed by atoms with Gasteiger partial charge in [0.2, 0.25) is 21.8 Å². The van der Waals surface area contributed by atoms with E-state index in [0.29, 0.717) is 18.7 Å². The number of rotatable bonds is 6. The summed E-state index contributed by atoms with van der Waals surface area (Å²) in [6.45, 7) is 2.40. The maximum atomic E-state index is 13.3. The minimum Gasteiger partial charge on any atom is -0.358 e. The summed E-state index contributed by atoms with van der Waals surface area (Å²) < 4.78 is 27.9. The summed E-state index contributed by atoms with van der Waals surface area (Å²) in [5, 5.41) is 5.51. The summed E-state index contributed by atoms with van der Waals surface area (Å²) in [7, 11) is -2.38. The third-order valence-electron chi connectivity index (χ3n) is 6.94. The molecule has 1 spiro atoms. The summed E-state index contributed by atoms with van der Waals surface area (Å²) in [5.41, 5.74) is 2.34. The van der Waals surface area contributed by atoms with Crippen molar-refractivity contribution in [2.24, 2.45) is 11.3 Å². The van der Waals surface area contributed by atoms with E-state index < -0.39 is 21.5 Å². The Hall–Kier alpha value is -3.24. The quantitative estimate of drug-likeness (QED) is 0.494. The summed E-state index contributed by atoms with van der Waals surface area (Å²) in [5.74, 6) is -0.194. The normalized spacial score (nSPS) is 24.4. The van der Waals surface area contributed by atoms with Crippen molar-refractivity contribution < 1.29 is 18.0 Å². The predicted octanol–water partition coefficient (Wildman–Crippen LogP) is 1.70. The van der Waals surface area contributed by atoms with Crippen molar-refractivity contribution in [3.8, 4) is 0 Å². The molecule has 1 saturated heterocycles. The lowest BCUT2D eigenvalue weighted by atomic mass is 9.99. The molecule has 1 aliphatic heterocycles. The number of benzene rings is 2. The molecule has 178 valence electrons. The molecule has 1 aliphatic carbocycles. The fraction of sp³-hybridized carbons (Fsp3) is 0.375. The number of hydrogen-bond donors (Lipinski definition) is 3. The highest BCUT2D eigenvalue weighted by Crippen LogP contribution is 2.61. The van der Waals surface area contributed by atoms with Crippen LogP contribution >= 0.6 is 0 Å². The molecule has 34 heavy (non-hydrogen) atoms. The molecule has 2 aliphatic rings. The van der Waals surface area contributed by atoms with Crippen LogP contribution in [0.4, 0.5) is 0 Å². The molecular weight excluding hydrogens is 454 g/mol. The first-order valence-corrected chi connectivity index (χ1v) is 12.7. The number of H-pyrrole nitrogens is 1. The third-order valence-corrected chi connectivity index (χ3v) is 8.81. The van der Waals surface area contributed by atoms with E-state index in [-0.39, 0.29) is 35.7 Å². The van der Waals surface area contributed by atoms with Crippen LogP contribution in [0.1, 0.15) is 24.2 Å². The Morgan fingerprint density at radius 3 is 2.65 bits per heavy atom. The smallest absolute Gasteiger partial charge is 0.243 e. The molecule has 9 nitrogen and oxygen atoms in total. The largest absolute Gasteiger partial charge is 0.358 e. The summed E-state index contributed by atoms with van der Waals surface area (Å²) in [6, 6.07) is 13.2. The van der Waals surface area contributed by atoms with Crippen LogP contribution in [0, 0.1) is 18.3 Å². The number of imidazole rings is 1. The predicted molar refractivity (Wildman–Crippen MR) is 126 cm³/mol. The number of amides is 2. The molecule has 2 fully saturated rings. The fourth-order valence-corrected chi connectivity index (χ4v) is 6.72. The molecule has 1 aromatic heterocycles. The minimum absolute atomic E-state index is 0.141. The van der Waals surface area contributed by atoms with E-state index in [1.165, 1.54) is 23.5 Å². The number of aryl methyl sites for hydroxylation is 1. The fourth-order valence-electron chi connectivity index (χ4n) is 5.02. The number of carbonyl (C=O) groups excluding carboxylic acids is 2. The Balaban J connectivity index is 1.30. The number of nitrogens with one attached hydrogen (secondary N) is 3. The average Bonchev–Trinajstić information content (AvgIpc) is 3.17. The molecule has 2 amide bonds. The Bertz CT molecular complexity index is 1370. The molecule has 1 saturated carbocycles. The average molecular weight is 482 g/mol. The Morgan fingerprint density at radius 1 is 1.15 bits per heavy atom. The van der Waals surface area contributed by atoms with E-state index in [1.807, 2.05) is 25.1 Å². The van der Waals surface area contributed by atoms with Gasteiger partial charge in [0.05, 0.1) is 22.5 Å². The van der Waals surface area contributed by atoms with Gasteiger partial charge >= 0.3 is 0 Å². The van der Waals surface area contributed by atoms with Gasteiger partial charge in [-0.2, -0.15) is 4.31 Å². The van der Waals surface area contributed by atoms with Crippen LogP contribution in [0.5, 0.6) is 0 Å². The van der Waals surface area contributed by atoms with Crippen LogP contribution in [0.25, 0.3) is 11.0 Å². The van der Waals surface area contributed by atoms with Crippen LogP contribution in [-0.2, 0) is 26.2 Å². The van der Waals surface area contributed by atoms with Crippen molar-refractivity contribution >= 4 is 32.9 Å². The van der Waals surface area contributed by atoms with Gasteiger partial charge in [0.15, 0.2) is 0 Å².